The van der Waals surface area contributed by atoms with Gasteiger partial charge in [0.05, 0.1) is 15.5 Å². The van der Waals surface area contributed by atoms with E-state index in [4.69, 9.17) is 16.9 Å². The fraction of sp³-hybridized carbons (Fsp3) is 0.500. The number of sulfonamides is 1. The van der Waals surface area contributed by atoms with Gasteiger partial charge in [0.25, 0.3) is 0 Å². The highest BCUT2D eigenvalue weighted by molar-refractivity contribution is 7.89. The summed E-state index contributed by atoms with van der Waals surface area (Å²) in [6.07, 6.45) is 1.91. The molecule has 1 aliphatic heterocycles. The molecule has 1 saturated heterocycles. The van der Waals surface area contributed by atoms with Crippen LogP contribution < -0.4 is 0 Å². The highest BCUT2D eigenvalue weighted by Gasteiger charge is 2.34. The molecule has 1 aliphatic rings. The van der Waals surface area contributed by atoms with E-state index in [0.717, 1.165) is 12.8 Å². The third kappa shape index (κ3) is 2.69. The first-order chi connectivity index (χ1) is 9.37. The maximum Gasteiger partial charge on any atom is 0.243 e. The van der Waals surface area contributed by atoms with Gasteiger partial charge < -0.3 is 0 Å². The largest absolute Gasteiger partial charge is 0.243 e. The van der Waals surface area contributed by atoms with Gasteiger partial charge in [-0.3, -0.25) is 0 Å². The Morgan fingerprint density at radius 2 is 2.10 bits per heavy atom. The van der Waals surface area contributed by atoms with Crippen LogP contribution in [0.15, 0.2) is 23.1 Å². The van der Waals surface area contributed by atoms with Gasteiger partial charge in [-0.25, -0.2) is 8.42 Å². The first-order valence-electron chi connectivity index (χ1n) is 6.59. The van der Waals surface area contributed by atoms with Crippen LogP contribution in [0.5, 0.6) is 0 Å². The third-order valence-corrected chi connectivity index (χ3v) is 6.28. The topological polar surface area (TPSA) is 61.2 Å². The second kappa shape index (κ2) is 5.72. The summed E-state index contributed by atoms with van der Waals surface area (Å²) >= 11 is 5.93. The van der Waals surface area contributed by atoms with Gasteiger partial charge in [-0.05, 0) is 43.9 Å². The Morgan fingerprint density at radius 3 is 2.70 bits per heavy atom. The summed E-state index contributed by atoms with van der Waals surface area (Å²) in [4.78, 5) is 0.155. The average molecular weight is 313 g/mol. The molecule has 0 aromatic heterocycles. The van der Waals surface area contributed by atoms with Crippen LogP contribution in [0.25, 0.3) is 0 Å². The van der Waals surface area contributed by atoms with Crippen LogP contribution in [0.1, 0.15) is 32.3 Å². The fourth-order valence-electron chi connectivity index (χ4n) is 2.52. The Kier molecular flexibility index (Phi) is 4.38. The molecule has 2 unspecified atom stereocenters. The van der Waals surface area contributed by atoms with E-state index in [0.29, 0.717) is 12.5 Å². The lowest BCUT2D eigenvalue weighted by atomic mass is 9.94. The molecule has 0 bridgehead atoms. The maximum absolute atomic E-state index is 12.7. The first kappa shape index (κ1) is 15.3. The number of halogens is 1. The van der Waals surface area contributed by atoms with Crippen molar-refractivity contribution in [3.8, 4) is 6.07 Å². The molecular formula is C14H17ClN2O2S. The van der Waals surface area contributed by atoms with Crippen LogP contribution >= 0.6 is 11.6 Å². The van der Waals surface area contributed by atoms with Crippen molar-refractivity contribution >= 4 is 21.6 Å². The number of piperidine rings is 1. The molecule has 0 saturated carbocycles. The van der Waals surface area contributed by atoms with Crippen molar-refractivity contribution in [2.75, 3.05) is 6.54 Å². The minimum absolute atomic E-state index is 0.0248. The standard InChI is InChI=1S/C14H17ClN2O2S/c1-10-4-3-7-17(11(10)2)20(18,19)13-6-5-12(9-16)14(15)8-13/h5-6,8,10-11H,3-4,7H2,1-2H3. The molecule has 108 valence electrons. The summed E-state index contributed by atoms with van der Waals surface area (Å²) in [5.74, 6) is 0.340. The van der Waals surface area contributed by atoms with Crippen molar-refractivity contribution in [3.63, 3.8) is 0 Å². The number of nitriles is 1. The molecule has 1 aromatic rings. The predicted octanol–water partition coefficient (Wildman–Crippen LogP) is 3.02. The second-order valence-electron chi connectivity index (χ2n) is 5.23. The van der Waals surface area contributed by atoms with Gasteiger partial charge in [0.2, 0.25) is 10.0 Å². The molecular weight excluding hydrogens is 296 g/mol. The lowest BCUT2D eigenvalue weighted by Gasteiger charge is -2.36. The second-order valence-corrected chi connectivity index (χ2v) is 7.53. The summed E-state index contributed by atoms with van der Waals surface area (Å²) in [5, 5.41) is 9.02. The number of benzene rings is 1. The third-order valence-electron chi connectivity index (χ3n) is 3.98. The number of hydrogen-bond donors (Lipinski definition) is 0. The summed E-state index contributed by atoms with van der Waals surface area (Å²) in [7, 11) is -3.55. The predicted molar refractivity (Wildman–Crippen MR) is 77.9 cm³/mol. The molecule has 0 spiro atoms. The molecule has 20 heavy (non-hydrogen) atoms. The smallest absolute Gasteiger partial charge is 0.207 e. The Balaban J connectivity index is 2.40. The van der Waals surface area contributed by atoms with E-state index >= 15 is 0 Å². The Bertz CT molecular complexity index is 652. The Labute approximate surface area is 125 Å². The molecule has 1 fully saturated rings. The van der Waals surface area contributed by atoms with E-state index in [1.807, 2.05) is 13.0 Å². The minimum Gasteiger partial charge on any atom is -0.207 e. The summed E-state index contributed by atoms with van der Waals surface area (Å²) in [6, 6.07) is 6.17. The van der Waals surface area contributed by atoms with Gasteiger partial charge in [0.1, 0.15) is 6.07 Å². The fourth-order valence-corrected chi connectivity index (χ4v) is 4.60. The maximum atomic E-state index is 12.7. The number of rotatable bonds is 2. The van der Waals surface area contributed by atoms with E-state index in [-0.39, 0.29) is 21.5 Å². The number of hydrogen-bond acceptors (Lipinski definition) is 3. The molecule has 6 heteroatoms. The molecule has 4 nitrogen and oxygen atoms in total. The molecule has 0 aliphatic carbocycles. The van der Waals surface area contributed by atoms with Gasteiger partial charge in [0.15, 0.2) is 0 Å². The quantitative estimate of drug-likeness (QED) is 0.843. The van der Waals surface area contributed by atoms with Crippen LogP contribution in [0.2, 0.25) is 5.02 Å². The first-order valence-corrected chi connectivity index (χ1v) is 8.41. The average Bonchev–Trinajstić information content (AvgIpc) is 2.41. The van der Waals surface area contributed by atoms with Crippen molar-refractivity contribution < 1.29 is 8.42 Å². The van der Waals surface area contributed by atoms with Crippen LogP contribution in [-0.2, 0) is 10.0 Å². The molecule has 1 heterocycles. The van der Waals surface area contributed by atoms with Gasteiger partial charge >= 0.3 is 0 Å². The number of nitrogens with zero attached hydrogens (tertiary/aromatic N) is 2. The van der Waals surface area contributed by atoms with Crippen molar-refractivity contribution in [2.24, 2.45) is 5.92 Å². The van der Waals surface area contributed by atoms with E-state index in [1.54, 1.807) is 4.31 Å². The van der Waals surface area contributed by atoms with Crippen molar-refractivity contribution in [1.82, 2.24) is 4.31 Å². The van der Waals surface area contributed by atoms with Gasteiger partial charge in [-0.15, -0.1) is 0 Å². The lowest BCUT2D eigenvalue weighted by Crippen LogP contribution is -2.45. The summed E-state index contributed by atoms with van der Waals surface area (Å²) in [5.41, 5.74) is 0.283. The molecule has 2 atom stereocenters. The molecule has 0 radical (unpaired) electrons. The van der Waals surface area contributed by atoms with E-state index in [9.17, 15) is 8.42 Å². The van der Waals surface area contributed by atoms with Crippen LogP contribution in [0.3, 0.4) is 0 Å². The van der Waals surface area contributed by atoms with Crippen LogP contribution in [0.4, 0.5) is 0 Å². The van der Waals surface area contributed by atoms with Crippen LogP contribution in [0, 0.1) is 17.2 Å². The van der Waals surface area contributed by atoms with E-state index in [1.165, 1.54) is 18.2 Å². The Hall–Kier alpha value is -1.09. The van der Waals surface area contributed by atoms with Crippen molar-refractivity contribution in [1.29, 1.82) is 5.26 Å². The van der Waals surface area contributed by atoms with E-state index < -0.39 is 10.0 Å². The Morgan fingerprint density at radius 1 is 1.40 bits per heavy atom. The monoisotopic (exact) mass is 312 g/mol. The highest BCUT2D eigenvalue weighted by atomic mass is 35.5. The molecule has 1 aromatic carbocycles. The highest BCUT2D eigenvalue weighted by Crippen LogP contribution is 2.30. The summed E-state index contributed by atoms with van der Waals surface area (Å²) in [6.45, 7) is 4.54. The van der Waals surface area contributed by atoms with Crippen molar-refractivity contribution in [3.05, 3.63) is 28.8 Å². The SMILES string of the molecule is CC1CCCN(S(=O)(=O)c2ccc(C#N)c(Cl)c2)C1C. The van der Waals surface area contributed by atoms with E-state index in [2.05, 4.69) is 6.92 Å². The summed E-state index contributed by atoms with van der Waals surface area (Å²) < 4.78 is 26.9. The molecule has 0 amide bonds. The zero-order valence-corrected chi connectivity index (χ0v) is 13.1. The van der Waals surface area contributed by atoms with Crippen molar-refractivity contribution in [2.45, 2.75) is 37.6 Å². The zero-order chi connectivity index (χ0) is 14.9. The lowest BCUT2D eigenvalue weighted by molar-refractivity contribution is 0.202. The van der Waals surface area contributed by atoms with Crippen LogP contribution in [-0.4, -0.2) is 25.3 Å². The zero-order valence-electron chi connectivity index (χ0n) is 11.5. The molecule has 0 N–H and O–H groups in total. The molecule has 2 rings (SSSR count). The minimum atomic E-state index is -3.55. The van der Waals surface area contributed by atoms with Gasteiger partial charge in [-0.2, -0.15) is 9.57 Å². The van der Waals surface area contributed by atoms with Gasteiger partial charge in [-0.1, -0.05) is 18.5 Å². The normalized spacial score (nSPS) is 24.3. The van der Waals surface area contributed by atoms with Gasteiger partial charge in [0, 0.05) is 12.6 Å².